The second-order valence-corrected chi connectivity index (χ2v) is 12.4. The van der Waals surface area contributed by atoms with Crippen molar-refractivity contribution in [2.24, 2.45) is 0 Å². The van der Waals surface area contributed by atoms with E-state index in [0.717, 1.165) is 29.0 Å². The first-order valence-corrected chi connectivity index (χ1v) is 14.1. The van der Waals surface area contributed by atoms with Crippen LogP contribution in [0, 0.1) is 0 Å². The van der Waals surface area contributed by atoms with Gasteiger partial charge in [-0.25, -0.2) is 8.42 Å². The molecular formula is C30H29F3N2O3S. The van der Waals surface area contributed by atoms with E-state index < -0.39 is 21.7 Å². The first-order valence-electron chi connectivity index (χ1n) is 12.2. The maximum Gasteiger partial charge on any atom is 0.433 e. The van der Waals surface area contributed by atoms with Crippen LogP contribution in [-0.2, 0) is 22.6 Å². The van der Waals surface area contributed by atoms with E-state index in [9.17, 15) is 26.7 Å². The zero-order valence-corrected chi connectivity index (χ0v) is 22.8. The number of halogens is 3. The summed E-state index contributed by atoms with van der Waals surface area (Å²) in [7, 11) is -3.40. The van der Waals surface area contributed by atoms with E-state index >= 15 is 0 Å². The van der Waals surface area contributed by atoms with Gasteiger partial charge < -0.3 is 10.4 Å². The van der Waals surface area contributed by atoms with Gasteiger partial charge in [-0.05, 0) is 85.0 Å². The van der Waals surface area contributed by atoms with Crippen LogP contribution < -0.4 is 5.32 Å². The summed E-state index contributed by atoms with van der Waals surface area (Å²) in [5.74, 6) is 0.0265. The topological polar surface area (TPSA) is 79.3 Å². The molecular weight excluding hydrogens is 525 g/mol. The Hall–Kier alpha value is -3.69. The monoisotopic (exact) mass is 554 g/mol. The highest BCUT2D eigenvalue weighted by Gasteiger charge is 2.32. The van der Waals surface area contributed by atoms with Crippen LogP contribution in [0.25, 0.3) is 33.4 Å². The molecule has 39 heavy (non-hydrogen) atoms. The van der Waals surface area contributed by atoms with E-state index in [1.54, 1.807) is 36.4 Å². The smallest absolute Gasteiger partial charge is 0.433 e. The highest BCUT2D eigenvalue weighted by molar-refractivity contribution is 7.90. The van der Waals surface area contributed by atoms with Crippen molar-refractivity contribution in [3.05, 3.63) is 90.3 Å². The predicted octanol–water partition coefficient (Wildman–Crippen LogP) is 7.10. The molecule has 0 radical (unpaired) electrons. The first kappa shape index (κ1) is 28.3. The molecule has 0 bridgehead atoms. The number of rotatable bonds is 6. The molecule has 1 heterocycles. The average molecular weight is 555 g/mol. The fourth-order valence-corrected chi connectivity index (χ4v) is 4.82. The van der Waals surface area contributed by atoms with Crippen LogP contribution in [-0.4, -0.2) is 30.3 Å². The Morgan fingerprint density at radius 3 is 2.00 bits per heavy atom. The lowest BCUT2D eigenvalue weighted by atomic mass is 9.87. The Balaban J connectivity index is 1.98. The highest BCUT2D eigenvalue weighted by Crippen LogP contribution is 2.41. The summed E-state index contributed by atoms with van der Waals surface area (Å²) in [5, 5.41) is 14.2. The van der Waals surface area contributed by atoms with Gasteiger partial charge in [-0.2, -0.15) is 13.2 Å². The summed E-state index contributed by atoms with van der Waals surface area (Å²) in [6, 6.07) is 19.3. The Morgan fingerprint density at radius 2 is 1.46 bits per heavy atom. The quantitative estimate of drug-likeness (QED) is 0.266. The minimum absolute atomic E-state index is 0.0265. The summed E-state index contributed by atoms with van der Waals surface area (Å²) in [6.07, 6.45) is -2.27. The van der Waals surface area contributed by atoms with Crippen LogP contribution in [0.5, 0.6) is 5.75 Å². The van der Waals surface area contributed by atoms with Gasteiger partial charge in [-0.1, -0.05) is 36.4 Å². The number of nitrogens with zero attached hydrogens (tertiary/aromatic N) is 1. The molecule has 1 aromatic heterocycles. The number of para-hydroxylation sites is 1. The van der Waals surface area contributed by atoms with Crippen molar-refractivity contribution in [3.63, 3.8) is 0 Å². The van der Waals surface area contributed by atoms with Crippen molar-refractivity contribution in [2.75, 3.05) is 6.26 Å². The molecule has 0 aliphatic rings. The third-order valence-electron chi connectivity index (χ3n) is 6.21. The van der Waals surface area contributed by atoms with Crippen molar-refractivity contribution in [3.8, 4) is 39.1 Å². The Bertz CT molecular complexity index is 1590. The minimum Gasteiger partial charge on any atom is -0.507 e. The zero-order chi connectivity index (χ0) is 28.6. The Kier molecular flexibility index (Phi) is 7.60. The molecule has 9 heteroatoms. The number of hydrogen-bond donors (Lipinski definition) is 2. The molecule has 0 fully saturated rings. The maximum atomic E-state index is 13.2. The van der Waals surface area contributed by atoms with Crippen LogP contribution in [0.1, 0.15) is 32.0 Å². The summed E-state index contributed by atoms with van der Waals surface area (Å²) in [6.45, 7) is 6.53. The Labute approximate surface area is 226 Å². The van der Waals surface area contributed by atoms with Gasteiger partial charge in [-0.15, -0.1) is 0 Å². The van der Waals surface area contributed by atoms with E-state index in [1.165, 1.54) is 24.4 Å². The van der Waals surface area contributed by atoms with Crippen LogP contribution in [0.4, 0.5) is 13.2 Å². The van der Waals surface area contributed by atoms with Crippen LogP contribution in [0.3, 0.4) is 0 Å². The molecule has 204 valence electrons. The van der Waals surface area contributed by atoms with E-state index in [2.05, 4.69) is 10.3 Å². The second kappa shape index (κ2) is 10.5. The van der Waals surface area contributed by atoms with Crippen molar-refractivity contribution >= 4 is 9.84 Å². The second-order valence-electron chi connectivity index (χ2n) is 10.4. The van der Waals surface area contributed by atoms with E-state index in [-0.39, 0.29) is 16.2 Å². The number of aromatic nitrogens is 1. The average Bonchev–Trinajstić information content (AvgIpc) is 2.86. The lowest BCUT2D eigenvalue weighted by Gasteiger charge is -2.24. The van der Waals surface area contributed by atoms with Gasteiger partial charge in [0.2, 0.25) is 0 Å². The summed E-state index contributed by atoms with van der Waals surface area (Å²) in [5.41, 5.74) is 3.28. The number of benzene rings is 3. The third-order valence-corrected chi connectivity index (χ3v) is 7.33. The number of nitrogens with one attached hydrogen (secondary N) is 1. The molecule has 5 nitrogen and oxygen atoms in total. The molecule has 0 aliphatic heterocycles. The Morgan fingerprint density at radius 1 is 0.821 bits per heavy atom. The number of phenolic OH excluding ortho intramolecular Hbond substituents is 1. The van der Waals surface area contributed by atoms with Crippen molar-refractivity contribution in [1.82, 2.24) is 10.3 Å². The minimum atomic E-state index is -4.58. The fraction of sp³-hybridized carbons (Fsp3) is 0.233. The number of hydrogen-bond acceptors (Lipinski definition) is 5. The van der Waals surface area contributed by atoms with Gasteiger partial charge >= 0.3 is 6.18 Å². The molecule has 2 N–H and O–H groups in total. The lowest BCUT2D eigenvalue weighted by Crippen LogP contribution is -2.35. The van der Waals surface area contributed by atoms with Crippen molar-refractivity contribution in [2.45, 2.75) is 43.9 Å². The van der Waals surface area contributed by atoms with Gasteiger partial charge in [0.25, 0.3) is 0 Å². The van der Waals surface area contributed by atoms with Crippen LogP contribution in [0.2, 0.25) is 0 Å². The molecule has 0 aliphatic carbocycles. The van der Waals surface area contributed by atoms with Gasteiger partial charge in [0.05, 0.1) is 4.90 Å². The highest BCUT2D eigenvalue weighted by atomic mass is 32.2. The van der Waals surface area contributed by atoms with Crippen molar-refractivity contribution in [1.29, 1.82) is 0 Å². The van der Waals surface area contributed by atoms with Gasteiger partial charge in [0.15, 0.2) is 9.84 Å². The number of pyridine rings is 1. The lowest BCUT2D eigenvalue weighted by molar-refractivity contribution is -0.141. The van der Waals surface area contributed by atoms with Crippen molar-refractivity contribution < 1.29 is 26.7 Å². The molecule has 0 atom stereocenters. The molecule has 3 aromatic carbocycles. The predicted molar refractivity (Wildman–Crippen MR) is 147 cm³/mol. The summed E-state index contributed by atoms with van der Waals surface area (Å²) in [4.78, 5) is 3.83. The molecule has 0 saturated heterocycles. The first-order chi connectivity index (χ1) is 18.1. The molecule has 0 spiro atoms. The van der Waals surface area contributed by atoms with Crippen LogP contribution >= 0.6 is 0 Å². The largest absolute Gasteiger partial charge is 0.507 e. The number of alkyl halides is 3. The van der Waals surface area contributed by atoms with Gasteiger partial charge in [0.1, 0.15) is 11.4 Å². The standard InChI is InChI=1S/C30H29F3N2O3S/c1-29(2,3)35-18-21-15-26(23-7-5-6-8-27(23)36)25(20-11-14-28(34-17-20)30(31,32)33)16-24(21)19-9-12-22(13-10-19)39(4,37)38/h5-17,35-36H,18H2,1-4H3. The van der Waals surface area contributed by atoms with Gasteiger partial charge in [-0.3, -0.25) is 4.98 Å². The van der Waals surface area contributed by atoms with E-state index in [4.69, 9.17) is 0 Å². The number of aromatic hydroxyl groups is 1. The zero-order valence-electron chi connectivity index (χ0n) is 22.0. The van der Waals surface area contributed by atoms with E-state index in [0.29, 0.717) is 28.8 Å². The van der Waals surface area contributed by atoms with Crippen LogP contribution in [0.15, 0.2) is 83.9 Å². The molecule has 4 aromatic rings. The molecule has 4 rings (SSSR count). The van der Waals surface area contributed by atoms with E-state index in [1.807, 2.05) is 32.9 Å². The molecule has 0 saturated carbocycles. The SMILES string of the molecule is CC(C)(C)NCc1cc(-c2ccccc2O)c(-c2ccc(C(F)(F)F)nc2)cc1-c1ccc(S(C)(=O)=O)cc1. The maximum absolute atomic E-state index is 13.2. The normalized spacial score (nSPS) is 12.5. The third kappa shape index (κ3) is 6.66. The summed E-state index contributed by atoms with van der Waals surface area (Å²) < 4.78 is 63.7. The number of sulfone groups is 1. The van der Waals surface area contributed by atoms with Gasteiger partial charge in [0, 0.05) is 35.7 Å². The molecule has 0 unspecified atom stereocenters. The molecule has 0 amide bonds. The summed E-state index contributed by atoms with van der Waals surface area (Å²) >= 11 is 0. The fourth-order valence-electron chi connectivity index (χ4n) is 4.19. The number of phenols is 1.